The van der Waals surface area contributed by atoms with Crippen molar-refractivity contribution in [2.24, 2.45) is 5.92 Å². The van der Waals surface area contributed by atoms with E-state index in [1.54, 1.807) is 7.11 Å². The highest BCUT2D eigenvalue weighted by Gasteiger charge is 2.32. The Morgan fingerprint density at radius 1 is 1.15 bits per heavy atom. The SMILES string of the molecule is CCC[C@](CCOC)(OC)C(C)C. The molecule has 0 aromatic heterocycles. The van der Waals surface area contributed by atoms with Crippen molar-refractivity contribution >= 4 is 0 Å². The van der Waals surface area contributed by atoms with Crippen molar-refractivity contribution in [3.05, 3.63) is 0 Å². The van der Waals surface area contributed by atoms with Crippen LogP contribution in [-0.2, 0) is 9.47 Å². The zero-order valence-electron chi connectivity index (χ0n) is 9.72. The Bertz CT molecular complexity index is 123. The Balaban J connectivity index is 4.26. The molecule has 0 radical (unpaired) electrons. The molecule has 0 heterocycles. The van der Waals surface area contributed by atoms with Gasteiger partial charge in [0.1, 0.15) is 0 Å². The highest BCUT2D eigenvalue weighted by molar-refractivity contribution is 4.83. The Labute approximate surface area is 82.6 Å². The number of hydrogen-bond donors (Lipinski definition) is 0. The molecule has 0 rings (SSSR count). The lowest BCUT2D eigenvalue weighted by molar-refractivity contribution is -0.0728. The molecule has 0 aromatic rings. The van der Waals surface area contributed by atoms with Crippen molar-refractivity contribution in [2.45, 2.75) is 45.6 Å². The summed E-state index contributed by atoms with van der Waals surface area (Å²) >= 11 is 0. The van der Waals surface area contributed by atoms with Crippen molar-refractivity contribution in [2.75, 3.05) is 20.8 Å². The van der Waals surface area contributed by atoms with Crippen molar-refractivity contribution in [3.63, 3.8) is 0 Å². The Kier molecular flexibility index (Phi) is 6.35. The minimum absolute atomic E-state index is 0.0186. The summed E-state index contributed by atoms with van der Waals surface area (Å²) in [6.07, 6.45) is 3.27. The lowest BCUT2D eigenvalue weighted by Crippen LogP contribution is -2.38. The molecule has 0 amide bonds. The summed E-state index contributed by atoms with van der Waals surface area (Å²) in [5, 5.41) is 0. The second-order valence-electron chi connectivity index (χ2n) is 3.92. The van der Waals surface area contributed by atoms with Gasteiger partial charge in [-0.1, -0.05) is 27.2 Å². The summed E-state index contributed by atoms with van der Waals surface area (Å²) < 4.78 is 10.8. The second-order valence-corrected chi connectivity index (χ2v) is 3.92. The molecular formula is C11H24O2. The normalized spacial score (nSPS) is 16.2. The molecule has 13 heavy (non-hydrogen) atoms. The Morgan fingerprint density at radius 3 is 2.08 bits per heavy atom. The number of methoxy groups -OCH3 is 2. The van der Waals surface area contributed by atoms with Gasteiger partial charge in [0.25, 0.3) is 0 Å². The van der Waals surface area contributed by atoms with Crippen LogP contribution in [-0.4, -0.2) is 26.4 Å². The molecule has 80 valence electrons. The van der Waals surface area contributed by atoms with Crippen LogP contribution in [0.15, 0.2) is 0 Å². The summed E-state index contributed by atoms with van der Waals surface area (Å²) in [6, 6.07) is 0. The maximum absolute atomic E-state index is 5.66. The molecule has 0 bridgehead atoms. The average Bonchev–Trinajstić information content (AvgIpc) is 2.12. The van der Waals surface area contributed by atoms with Gasteiger partial charge < -0.3 is 9.47 Å². The fourth-order valence-electron chi connectivity index (χ4n) is 1.84. The van der Waals surface area contributed by atoms with Crippen LogP contribution in [0, 0.1) is 5.92 Å². The van der Waals surface area contributed by atoms with E-state index in [1.807, 2.05) is 7.11 Å². The van der Waals surface area contributed by atoms with Gasteiger partial charge in [0.2, 0.25) is 0 Å². The Hall–Kier alpha value is -0.0800. The summed E-state index contributed by atoms with van der Waals surface area (Å²) in [7, 11) is 3.55. The number of ether oxygens (including phenoxy) is 2. The third-order valence-corrected chi connectivity index (χ3v) is 2.86. The quantitative estimate of drug-likeness (QED) is 0.611. The van der Waals surface area contributed by atoms with Crippen molar-refractivity contribution in [1.29, 1.82) is 0 Å². The molecule has 0 aliphatic carbocycles. The van der Waals surface area contributed by atoms with Gasteiger partial charge in [-0.25, -0.2) is 0 Å². The van der Waals surface area contributed by atoms with Gasteiger partial charge >= 0.3 is 0 Å². The minimum Gasteiger partial charge on any atom is -0.385 e. The predicted molar refractivity (Wildman–Crippen MR) is 56.0 cm³/mol. The monoisotopic (exact) mass is 188 g/mol. The van der Waals surface area contributed by atoms with Gasteiger partial charge in [0.05, 0.1) is 5.60 Å². The maximum Gasteiger partial charge on any atom is 0.0723 e. The van der Waals surface area contributed by atoms with E-state index >= 15 is 0 Å². The number of rotatable bonds is 7. The third kappa shape index (κ3) is 3.65. The number of hydrogen-bond acceptors (Lipinski definition) is 2. The molecule has 2 heteroatoms. The zero-order chi connectivity index (χ0) is 10.3. The van der Waals surface area contributed by atoms with E-state index in [0.29, 0.717) is 5.92 Å². The van der Waals surface area contributed by atoms with Crippen LogP contribution < -0.4 is 0 Å². The van der Waals surface area contributed by atoms with Crippen LogP contribution in [0.3, 0.4) is 0 Å². The predicted octanol–water partition coefficient (Wildman–Crippen LogP) is 2.86. The summed E-state index contributed by atoms with van der Waals surface area (Å²) in [5.41, 5.74) is 0.0186. The molecule has 2 nitrogen and oxygen atoms in total. The highest BCUT2D eigenvalue weighted by atomic mass is 16.5. The fraction of sp³-hybridized carbons (Fsp3) is 1.00. The molecule has 0 saturated carbocycles. The van der Waals surface area contributed by atoms with E-state index in [9.17, 15) is 0 Å². The summed E-state index contributed by atoms with van der Waals surface area (Å²) in [4.78, 5) is 0. The molecule has 0 aliphatic rings. The van der Waals surface area contributed by atoms with Gasteiger partial charge in [-0.05, 0) is 18.8 Å². The van der Waals surface area contributed by atoms with Gasteiger partial charge in [-0.3, -0.25) is 0 Å². The van der Waals surface area contributed by atoms with Gasteiger partial charge in [0, 0.05) is 20.8 Å². The van der Waals surface area contributed by atoms with E-state index in [2.05, 4.69) is 20.8 Å². The molecular weight excluding hydrogens is 164 g/mol. The van der Waals surface area contributed by atoms with E-state index < -0.39 is 0 Å². The standard InChI is InChI=1S/C11H24O2/c1-6-7-11(13-5,10(2)3)8-9-12-4/h10H,6-9H2,1-5H3/t11-/m1/s1. The maximum atomic E-state index is 5.66. The molecule has 0 fully saturated rings. The van der Waals surface area contributed by atoms with Gasteiger partial charge in [-0.2, -0.15) is 0 Å². The van der Waals surface area contributed by atoms with Crippen LogP contribution in [0.5, 0.6) is 0 Å². The van der Waals surface area contributed by atoms with E-state index in [0.717, 1.165) is 25.9 Å². The van der Waals surface area contributed by atoms with E-state index in [4.69, 9.17) is 9.47 Å². The first kappa shape index (κ1) is 12.9. The summed E-state index contributed by atoms with van der Waals surface area (Å²) in [5.74, 6) is 0.549. The van der Waals surface area contributed by atoms with Crippen LogP contribution >= 0.6 is 0 Å². The second kappa shape index (κ2) is 6.39. The topological polar surface area (TPSA) is 18.5 Å². The lowest BCUT2D eigenvalue weighted by atomic mass is 9.83. The summed E-state index contributed by atoms with van der Waals surface area (Å²) in [6.45, 7) is 7.42. The first-order valence-corrected chi connectivity index (χ1v) is 5.17. The van der Waals surface area contributed by atoms with Crippen LogP contribution in [0.1, 0.15) is 40.0 Å². The largest absolute Gasteiger partial charge is 0.385 e. The fourth-order valence-corrected chi connectivity index (χ4v) is 1.84. The van der Waals surface area contributed by atoms with Crippen molar-refractivity contribution < 1.29 is 9.47 Å². The Morgan fingerprint density at radius 2 is 1.77 bits per heavy atom. The van der Waals surface area contributed by atoms with Gasteiger partial charge in [0.15, 0.2) is 0 Å². The average molecular weight is 188 g/mol. The molecule has 0 spiro atoms. The molecule has 1 atom stereocenters. The van der Waals surface area contributed by atoms with E-state index in [-0.39, 0.29) is 5.60 Å². The van der Waals surface area contributed by atoms with Crippen molar-refractivity contribution in [1.82, 2.24) is 0 Å². The van der Waals surface area contributed by atoms with Crippen molar-refractivity contribution in [3.8, 4) is 0 Å². The molecule has 0 aromatic carbocycles. The smallest absolute Gasteiger partial charge is 0.0723 e. The molecule has 0 aliphatic heterocycles. The minimum atomic E-state index is 0.0186. The van der Waals surface area contributed by atoms with E-state index in [1.165, 1.54) is 0 Å². The van der Waals surface area contributed by atoms with Crippen LogP contribution in [0.25, 0.3) is 0 Å². The molecule has 0 unspecified atom stereocenters. The third-order valence-electron chi connectivity index (χ3n) is 2.86. The van der Waals surface area contributed by atoms with Gasteiger partial charge in [-0.15, -0.1) is 0 Å². The first-order chi connectivity index (χ1) is 6.13. The first-order valence-electron chi connectivity index (χ1n) is 5.17. The zero-order valence-corrected chi connectivity index (χ0v) is 9.72. The molecule has 0 saturated heterocycles. The molecule has 0 N–H and O–H groups in total. The van der Waals surface area contributed by atoms with Crippen LogP contribution in [0.2, 0.25) is 0 Å². The highest BCUT2D eigenvalue weighted by Crippen LogP contribution is 2.30. The van der Waals surface area contributed by atoms with Crippen LogP contribution in [0.4, 0.5) is 0 Å². The lowest BCUT2D eigenvalue weighted by Gasteiger charge is -2.36.